The Kier molecular flexibility index (Phi) is 4.78. The van der Waals surface area contributed by atoms with Gasteiger partial charge < -0.3 is 20.4 Å². The summed E-state index contributed by atoms with van der Waals surface area (Å²) in [6.07, 6.45) is 0.813. The molecular formula is C12H18N2O3. The van der Waals surface area contributed by atoms with Crippen molar-refractivity contribution in [3.63, 3.8) is 0 Å². The van der Waals surface area contributed by atoms with Crippen molar-refractivity contribution in [2.24, 2.45) is 0 Å². The molecule has 0 fully saturated rings. The fourth-order valence-corrected chi connectivity index (χ4v) is 1.53. The van der Waals surface area contributed by atoms with Gasteiger partial charge in [0.1, 0.15) is 17.1 Å². The fourth-order valence-electron chi connectivity index (χ4n) is 1.53. The molecule has 0 unspecified atom stereocenters. The summed E-state index contributed by atoms with van der Waals surface area (Å²) in [5.41, 5.74) is -0.0422. The van der Waals surface area contributed by atoms with E-state index in [2.05, 4.69) is 5.32 Å². The van der Waals surface area contributed by atoms with Crippen LogP contribution in [0.4, 0.5) is 0 Å². The summed E-state index contributed by atoms with van der Waals surface area (Å²) in [5.74, 6) is -0.775. The summed E-state index contributed by atoms with van der Waals surface area (Å²) in [7, 11) is 3.49. The van der Waals surface area contributed by atoms with Crippen LogP contribution in [-0.2, 0) is 0 Å². The number of aromatic hydroxyl groups is 2. The molecule has 0 aliphatic rings. The number of carbonyl (C=O) groups is 1. The van der Waals surface area contributed by atoms with Gasteiger partial charge in [-0.1, -0.05) is 6.07 Å². The summed E-state index contributed by atoms with van der Waals surface area (Å²) < 4.78 is 0. The molecule has 1 amide bonds. The SMILES string of the molecule is CNCCCN(C)C(=O)c1c(O)cccc1O. The molecule has 0 aliphatic carbocycles. The standard InChI is InChI=1S/C12H18N2O3/c1-13-7-4-8-14(2)12(17)11-9(15)5-3-6-10(11)16/h3,5-6,13,15-16H,4,7-8H2,1-2H3. The number of benzene rings is 1. The van der Waals surface area contributed by atoms with E-state index < -0.39 is 0 Å². The second-order valence-corrected chi connectivity index (χ2v) is 3.86. The highest BCUT2D eigenvalue weighted by molar-refractivity contribution is 5.99. The fraction of sp³-hybridized carbons (Fsp3) is 0.417. The van der Waals surface area contributed by atoms with Crippen LogP contribution < -0.4 is 5.32 Å². The minimum Gasteiger partial charge on any atom is -0.507 e. The molecule has 5 heteroatoms. The molecule has 1 rings (SSSR count). The van der Waals surface area contributed by atoms with Crippen LogP contribution in [0, 0.1) is 0 Å². The first kappa shape index (κ1) is 13.3. The highest BCUT2D eigenvalue weighted by Crippen LogP contribution is 2.27. The Morgan fingerprint density at radius 2 is 1.94 bits per heavy atom. The molecule has 0 saturated carbocycles. The predicted octanol–water partition coefficient (Wildman–Crippen LogP) is 0.779. The second kappa shape index (κ2) is 6.10. The van der Waals surface area contributed by atoms with Crippen molar-refractivity contribution in [2.45, 2.75) is 6.42 Å². The molecule has 1 aromatic carbocycles. The topological polar surface area (TPSA) is 72.8 Å². The van der Waals surface area contributed by atoms with Crippen molar-refractivity contribution in [2.75, 3.05) is 27.2 Å². The third-order valence-electron chi connectivity index (χ3n) is 2.50. The summed E-state index contributed by atoms with van der Waals surface area (Å²) in [6.45, 7) is 1.37. The Hall–Kier alpha value is -1.75. The van der Waals surface area contributed by atoms with Crippen LogP contribution in [0.15, 0.2) is 18.2 Å². The van der Waals surface area contributed by atoms with Gasteiger partial charge in [0, 0.05) is 13.6 Å². The maximum atomic E-state index is 12.0. The summed E-state index contributed by atoms with van der Waals surface area (Å²) in [5, 5.41) is 22.1. The van der Waals surface area contributed by atoms with Gasteiger partial charge in [-0.05, 0) is 32.1 Å². The maximum Gasteiger partial charge on any atom is 0.261 e. The van der Waals surface area contributed by atoms with E-state index in [0.717, 1.165) is 13.0 Å². The third kappa shape index (κ3) is 3.35. The van der Waals surface area contributed by atoms with Crippen LogP contribution >= 0.6 is 0 Å². The van der Waals surface area contributed by atoms with E-state index in [-0.39, 0.29) is 23.0 Å². The van der Waals surface area contributed by atoms with Gasteiger partial charge in [-0.25, -0.2) is 0 Å². The third-order valence-corrected chi connectivity index (χ3v) is 2.50. The highest BCUT2D eigenvalue weighted by atomic mass is 16.3. The van der Waals surface area contributed by atoms with Crippen LogP contribution in [0.3, 0.4) is 0 Å². The van der Waals surface area contributed by atoms with Crippen molar-refractivity contribution in [3.05, 3.63) is 23.8 Å². The van der Waals surface area contributed by atoms with Gasteiger partial charge >= 0.3 is 0 Å². The Balaban J connectivity index is 2.75. The average Bonchev–Trinajstić information content (AvgIpc) is 2.28. The molecule has 94 valence electrons. The van der Waals surface area contributed by atoms with Crippen LogP contribution in [-0.4, -0.2) is 48.2 Å². The number of hydrogen-bond donors (Lipinski definition) is 3. The largest absolute Gasteiger partial charge is 0.507 e. The molecular weight excluding hydrogens is 220 g/mol. The van der Waals surface area contributed by atoms with E-state index in [1.807, 2.05) is 7.05 Å². The van der Waals surface area contributed by atoms with Gasteiger partial charge in [-0.2, -0.15) is 0 Å². The van der Waals surface area contributed by atoms with Crippen LogP contribution in [0.25, 0.3) is 0 Å². The van der Waals surface area contributed by atoms with Crippen molar-refractivity contribution >= 4 is 5.91 Å². The Morgan fingerprint density at radius 3 is 2.47 bits per heavy atom. The van der Waals surface area contributed by atoms with Crippen LogP contribution in [0.1, 0.15) is 16.8 Å². The lowest BCUT2D eigenvalue weighted by Gasteiger charge is -2.18. The molecule has 0 aliphatic heterocycles. The van der Waals surface area contributed by atoms with Crippen molar-refractivity contribution in [3.8, 4) is 11.5 Å². The van der Waals surface area contributed by atoms with Gasteiger partial charge in [0.2, 0.25) is 0 Å². The Labute approximate surface area is 101 Å². The second-order valence-electron chi connectivity index (χ2n) is 3.86. The van der Waals surface area contributed by atoms with Crippen molar-refractivity contribution in [1.82, 2.24) is 10.2 Å². The predicted molar refractivity (Wildman–Crippen MR) is 65.3 cm³/mol. The normalized spacial score (nSPS) is 10.2. The molecule has 0 heterocycles. The van der Waals surface area contributed by atoms with E-state index in [9.17, 15) is 15.0 Å². The molecule has 0 spiro atoms. The minimum absolute atomic E-state index is 0.0422. The molecule has 5 nitrogen and oxygen atoms in total. The molecule has 0 atom stereocenters. The summed E-state index contributed by atoms with van der Waals surface area (Å²) in [4.78, 5) is 13.4. The van der Waals surface area contributed by atoms with E-state index in [4.69, 9.17) is 0 Å². The molecule has 0 saturated heterocycles. The first-order valence-corrected chi connectivity index (χ1v) is 5.49. The number of rotatable bonds is 5. The first-order chi connectivity index (χ1) is 8.07. The average molecular weight is 238 g/mol. The highest BCUT2D eigenvalue weighted by Gasteiger charge is 2.19. The quantitative estimate of drug-likeness (QED) is 0.663. The lowest BCUT2D eigenvalue weighted by molar-refractivity contribution is 0.0787. The first-order valence-electron chi connectivity index (χ1n) is 5.49. The maximum absolute atomic E-state index is 12.0. The zero-order valence-corrected chi connectivity index (χ0v) is 10.1. The number of amides is 1. The number of phenolic OH excluding ortho intramolecular Hbond substituents is 2. The van der Waals surface area contributed by atoms with E-state index in [1.54, 1.807) is 7.05 Å². The van der Waals surface area contributed by atoms with Crippen molar-refractivity contribution < 1.29 is 15.0 Å². The zero-order valence-electron chi connectivity index (χ0n) is 10.1. The molecule has 0 bridgehead atoms. The van der Waals surface area contributed by atoms with Crippen LogP contribution in [0.5, 0.6) is 11.5 Å². The molecule has 3 N–H and O–H groups in total. The number of carbonyl (C=O) groups excluding carboxylic acids is 1. The number of phenols is 2. The number of hydrogen-bond acceptors (Lipinski definition) is 4. The lowest BCUT2D eigenvalue weighted by atomic mass is 10.1. The minimum atomic E-state index is -0.378. The smallest absolute Gasteiger partial charge is 0.261 e. The van der Waals surface area contributed by atoms with Gasteiger partial charge in [-0.15, -0.1) is 0 Å². The van der Waals surface area contributed by atoms with E-state index in [1.165, 1.54) is 23.1 Å². The molecule has 0 radical (unpaired) electrons. The lowest BCUT2D eigenvalue weighted by Crippen LogP contribution is -2.29. The molecule has 1 aromatic rings. The Morgan fingerprint density at radius 1 is 1.35 bits per heavy atom. The number of nitrogens with one attached hydrogen (secondary N) is 1. The van der Waals surface area contributed by atoms with Gasteiger partial charge in [0.15, 0.2) is 0 Å². The van der Waals surface area contributed by atoms with Crippen LogP contribution in [0.2, 0.25) is 0 Å². The van der Waals surface area contributed by atoms with Gasteiger partial charge in [0.25, 0.3) is 5.91 Å². The number of nitrogens with zero attached hydrogens (tertiary/aromatic N) is 1. The Bertz CT molecular complexity index is 373. The van der Waals surface area contributed by atoms with E-state index >= 15 is 0 Å². The van der Waals surface area contributed by atoms with Gasteiger partial charge in [-0.3, -0.25) is 4.79 Å². The summed E-state index contributed by atoms with van der Waals surface area (Å²) >= 11 is 0. The van der Waals surface area contributed by atoms with Gasteiger partial charge in [0.05, 0.1) is 0 Å². The van der Waals surface area contributed by atoms with Crippen molar-refractivity contribution in [1.29, 1.82) is 0 Å². The molecule has 17 heavy (non-hydrogen) atoms. The monoisotopic (exact) mass is 238 g/mol. The van der Waals surface area contributed by atoms with E-state index in [0.29, 0.717) is 6.54 Å². The molecule has 0 aromatic heterocycles. The zero-order chi connectivity index (χ0) is 12.8. The summed E-state index contributed by atoms with van der Waals surface area (Å²) in [6, 6.07) is 4.26.